The number of imidazole rings is 1. The monoisotopic (exact) mass is 321 g/mol. The minimum atomic E-state index is -0.140. The Balaban J connectivity index is 1.65. The Labute approximate surface area is 140 Å². The lowest BCUT2D eigenvalue weighted by atomic mass is 10.1. The van der Waals surface area contributed by atoms with Crippen LogP contribution in [-0.4, -0.2) is 25.4 Å². The second-order valence-electron chi connectivity index (χ2n) is 5.80. The maximum absolute atomic E-state index is 12.2. The summed E-state index contributed by atoms with van der Waals surface area (Å²) in [5, 5.41) is 2.90. The fourth-order valence-electron chi connectivity index (χ4n) is 2.27. The highest BCUT2D eigenvalue weighted by atomic mass is 16.1. The van der Waals surface area contributed by atoms with E-state index in [-0.39, 0.29) is 5.91 Å². The third-order valence-electron chi connectivity index (χ3n) is 3.67. The van der Waals surface area contributed by atoms with Crippen LogP contribution in [0.3, 0.4) is 0 Å². The van der Waals surface area contributed by atoms with Gasteiger partial charge in [0.05, 0.1) is 5.56 Å². The van der Waals surface area contributed by atoms with Crippen molar-refractivity contribution in [2.45, 2.75) is 26.3 Å². The number of rotatable bonds is 5. The quantitative estimate of drug-likeness (QED) is 0.784. The Morgan fingerprint density at radius 2 is 2.08 bits per heavy atom. The highest BCUT2D eigenvalue weighted by Gasteiger charge is 2.08. The number of hydrogen-bond acceptors (Lipinski definition) is 4. The molecular formula is C18H19N5O. The van der Waals surface area contributed by atoms with Crippen molar-refractivity contribution in [1.29, 1.82) is 0 Å². The molecule has 0 aromatic carbocycles. The van der Waals surface area contributed by atoms with Crippen molar-refractivity contribution in [3.05, 3.63) is 72.2 Å². The molecule has 0 aliphatic carbocycles. The predicted octanol–water partition coefficient (Wildman–Crippen LogP) is 2.72. The van der Waals surface area contributed by atoms with Gasteiger partial charge in [-0.3, -0.25) is 14.3 Å². The maximum atomic E-state index is 12.2. The molecule has 0 saturated heterocycles. The van der Waals surface area contributed by atoms with Gasteiger partial charge in [-0.25, -0.2) is 9.97 Å². The highest BCUT2D eigenvalue weighted by molar-refractivity contribution is 5.93. The largest absolute Gasteiger partial charge is 0.348 e. The number of nitrogens with zero attached hydrogens (tertiary/aromatic N) is 4. The van der Waals surface area contributed by atoms with Crippen LogP contribution >= 0.6 is 0 Å². The SMILES string of the molecule is CC(C)c1ccc(C(=O)NCc2ccnc(-n3ccnc3)c2)cn1. The molecule has 0 saturated carbocycles. The summed E-state index contributed by atoms with van der Waals surface area (Å²) in [7, 11) is 0. The second-order valence-corrected chi connectivity index (χ2v) is 5.80. The molecule has 122 valence electrons. The van der Waals surface area contributed by atoms with Gasteiger partial charge in [-0.15, -0.1) is 0 Å². The van der Waals surface area contributed by atoms with Gasteiger partial charge < -0.3 is 5.32 Å². The molecule has 0 radical (unpaired) electrons. The van der Waals surface area contributed by atoms with Crippen LogP contribution in [0.25, 0.3) is 5.82 Å². The number of nitrogens with one attached hydrogen (secondary N) is 1. The Kier molecular flexibility index (Phi) is 4.65. The number of carbonyl (C=O) groups is 1. The minimum absolute atomic E-state index is 0.140. The normalized spacial score (nSPS) is 10.8. The van der Waals surface area contributed by atoms with E-state index in [1.165, 1.54) is 0 Å². The topological polar surface area (TPSA) is 72.7 Å². The van der Waals surface area contributed by atoms with Gasteiger partial charge in [-0.2, -0.15) is 0 Å². The Morgan fingerprint density at radius 3 is 2.75 bits per heavy atom. The first-order valence-electron chi connectivity index (χ1n) is 7.81. The number of aromatic nitrogens is 4. The lowest BCUT2D eigenvalue weighted by Gasteiger charge is -2.08. The zero-order valence-electron chi connectivity index (χ0n) is 13.7. The number of carbonyl (C=O) groups excluding carboxylic acids is 1. The zero-order valence-corrected chi connectivity index (χ0v) is 13.7. The van der Waals surface area contributed by atoms with Crippen molar-refractivity contribution in [2.24, 2.45) is 0 Å². The zero-order chi connectivity index (χ0) is 16.9. The summed E-state index contributed by atoms with van der Waals surface area (Å²) >= 11 is 0. The predicted molar refractivity (Wildman–Crippen MR) is 90.9 cm³/mol. The molecule has 24 heavy (non-hydrogen) atoms. The average molecular weight is 321 g/mol. The lowest BCUT2D eigenvalue weighted by Crippen LogP contribution is -2.23. The van der Waals surface area contributed by atoms with E-state index in [0.29, 0.717) is 18.0 Å². The lowest BCUT2D eigenvalue weighted by molar-refractivity contribution is 0.0950. The van der Waals surface area contributed by atoms with E-state index >= 15 is 0 Å². The van der Waals surface area contributed by atoms with E-state index in [1.54, 1.807) is 31.0 Å². The summed E-state index contributed by atoms with van der Waals surface area (Å²) in [6, 6.07) is 7.49. The molecular weight excluding hydrogens is 302 g/mol. The Hall–Kier alpha value is -3.02. The highest BCUT2D eigenvalue weighted by Crippen LogP contribution is 2.11. The van der Waals surface area contributed by atoms with Gasteiger partial charge in [0, 0.05) is 37.0 Å². The third kappa shape index (κ3) is 3.65. The maximum Gasteiger partial charge on any atom is 0.253 e. The van der Waals surface area contributed by atoms with Crippen LogP contribution in [0.4, 0.5) is 0 Å². The molecule has 6 heteroatoms. The fraction of sp³-hybridized carbons (Fsp3) is 0.222. The standard InChI is InChI=1S/C18H19N5O/c1-13(2)16-4-3-15(11-21-16)18(24)22-10-14-5-6-20-17(9-14)23-8-7-19-12-23/h3-9,11-13H,10H2,1-2H3,(H,22,24). The van der Waals surface area contributed by atoms with Crippen molar-refractivity contribution in [3.63, 3.8) is 0 Å². The van der Waals surface area contributed by atoms with Gasteiger partial charge in [-0.1, -0.05) is 13.8 Å². The van der Waals surface area contributed by atoms with Crippen LogP contribution in [0, 0.1) is 0 Å². The van der Waals surface area contributed by atoms with Gasteiger partial charge in [-0.05, 0) is 35.7 Å². The summed E-state index contributed by atoms with van der Waals surface area (Å²) in [5.74, 6) is 0.974. The van der Waals surface area contributed by atoms with Crippen molar-refractivity contribution in [2.75, 3.05) is 0 Å². The molecule has 0 spiro atoms. The average Bonchev–Trinajstić information content (AvgIpc) is 3.15. The molecule has 3 aromatic heterocycles. The number of amides is 1. The van der Waals surface area contributed by atoms with E-state index in [1.807, 2.05) is 29.0 Å². The molecule has 0 fully saturated rings. The van der Waals surface area contributed by atoms with Gasteiger partial charge in [0.15, 0.2) is 0 Å². The summed E-state index contributed by atoms with van der Waals surface area (Å²) in [6.07, 6.45) is 8.55. The van der Waals surface area contributed by atoms with Crippen LogP contribution in [0.2, 0.25) is 0 Å². The molecule has 3 aromatic rings. The molecule has 6 nitrogen and oxygen atoms in total. The number of pyridine rings is 2. The molecule has 1 N–H and O–H groups in total. The molecule has 3 heterocycles. The summed E-state index contributed by atoms with van der Waals surface area (Å²) < 4.78 is 1.82. The van der Waals surface area contributed by atoms with Gasteiger partial charge >= 0.3 is 0 Å². The molecule has 1 amide bonds. The first-order valence-corrected chi connectivity index (χ1v) is 7.81. The van der Waals surface area contributed by atoms with Crippen molar-refractivity contribution < 1.29 is 4.79 Å². The van der Waals surface area contributed by atoms with Crippen LogP contribution in [0.1, 0.15) is 41.4 Å². The van der Waals surface area contributed by atoms with Gasteiger partial charge in [0.1, 0.15) is 12.1 Å². The third-order valence-corrected chi connectivity index (χ3v) is 3.67. The van der Waals surface area contributed by atoms with Crippen molar-refractivity contribution >= 4 is 5.91 Å². The first-order chi connectivity index (χ1) is 11.6. The van der Waals surface area contributed by atoms with Crippen LogP contribution < -0.4 is 5.32 Å². The van der Waals surface area contributed by atoms with Crippen molar-refractivity contribution in [1.82, 2.24) is 24.8 Å². The first kappa shape index (κ1) is 15.9. The molecule has 0 aliphatic rings. The second kappa shape index (κ2) is 7.04. The van der Waals surface area contributed by atoms with E-state index in [4.69, 9.17) is 0 Å². The molecule has 0 bridgehead atoms. The van der Waals surface area contributed by atoms with E-state index < -0.39 is 0 Å². The van der Waals surface area contributed by atoms with E-state index in [0.717, 1.165) is 17.1 Å². The Morgan fingerprint density at radius 1 is 1.21 bits per heavy atom. The van der Waals surface area contributed by atoms with E-state index in [9.17, 15) is 4.79 Å². The van der Waals surface area contributed by atoms with Gasteiger partial charge in [0.25, 0.3) is 5.91 Å². The molecule has 3 rings (SSSR count). The van der Waals surface area contributed by atoms with Crippen LogP contribution in [-0.2, 0) is 6.54 Å². The van der Waals surface area contributed by atoms with Crippen LogP contribution in [0.15, 0.2) is 55.4 Å². The summed E-state index contributed by atoms with van der Waals surface area (Å²) in [6.45, 7) is 4.57. The molecule has 0 atom stereocenters. The van der Waals surface area contributed by atoms with Crippen molar-refractivity contribution in [3.8, 4) is 5.82 Å². The number of hydrogen-bond donors (Lipinski definition) is 1. The summed E-state index contributed by atoms with van der Waals surface area (Å²) in [5.41, 5.74) is 2.50. The van der Waals surface area contributed by atoms with E-state index in [2.05, 4.69) is 34.1 Å². The van der Waals surface area contributed by atoms with Gasteiger partial charge in [0.2, 0.25) is 0 Å². The minimum Gasteiger partial charge on any atom is -0.348 e. The fourth-order valence-corrected chi connectivity index (χ4v) is 2.27. The Bertz CT molecular complexity index is 810. The summed E-state index contributed by atoms with van der Waals surface area (Å²) in [4.78, 5) is 24.9. The van der Waals surface area contributed by atoms with Crippen LogP contribution in [0.5, 0.6) is 0 Å². The molecule has 0 aliphatic heterocycles. The molecule has 0 unspecified atom stereocenters. The smallest absolute Gasteiger partial charge is 0.253 e.